The van der Waals surface area contributed by atoms with Crippen LogP contribution in [0.1, 0.15) is 38.8 Å². The molecule has 4 nitrogen and oxygen atoms in total. The summed E-state index contributed by atoms with van der Waals surface area (Å²) >= 11 is 0. The van der Waals surface area contributed by atoms with Crippen LogP contribution in [0, 0.1) is 13.8 Å². The minimum Gasteiger partial charge on any atom is -0.482 e. The lowest BCUT2D eigenvalue weighted by molar-refractivity contribution is 0.0818. The van der Waals surface area contributed by atoms with Gasteiger partial charge in [-0.25, -0.2) is 0 Å². The molecule has 3 rings (SSSR count). The average molecular weight is 373 g/mol. The van der Waals surface area contributed by atoms with E-state index in [0.717, 1.165) is 11.1 Å². The standard InChI is InChI=1S/C24H23NO3/c1-16-7-11-19(12-8-16)23(26)18(3)28-22-6-4-5-21(15-22)25-24(27)20-13-9-17(2)10-14-20/h4-15,18H,1-3H3,(H,25,27). The number of ketones is 1. The van der Waals surface area contributed by atoms with Crippen molar-refractivity contribution >= 4 is 17.4 Å². The van der Waals surface area contributed by atoms with Gasteiger partial charge in [-0.15, -0.1) is 0 Å². The highest BCUT2D eigenvalue weighted by Crippen LogP contribution is 2.20. The first-order chi connectivity index (χ1) is 13.4. The summed E-state index contributed by atoms with van der Waals surface area (Å²) in [6.07, 6.45) is -0.634. The number of hydrogen-bond acceptors (Lipinski definition) is 3. The molecule has 142 valence electrons. The Morgan fingerprint density at radius 1 is 0.821 bits per heavy atom. The van der Waals surface area contributed by atoms with Gasteiger partial charge in [0.15, 0.2) is 6.10 Å². The van der Waals surface area contributed by atoms with Crippen molar-refractivity contribution in [2.75, 3.05) is 5.32 Å². The first-order valence-electron chi connectivity index (χ1n) is 9.18. The molecule has 0 radical (unpaired) electrons. The normalized spacial score (nSPS) is 11.5. The number of ether oxygens (including phenoxy) is 1. The van der Waals surface area contributed by atoms with Crippen molar-refractivity contribution < 1.29 is 14.3 Å². The number of benzene rings is 3. The second-order valence-electron chi connectivity index (χ2n) is 6.84. The Labute approximate surface area is 165 Å². The predicted molar refractivity (Wildman–Crippen MR) is 111 cm³/mol. The van der Waals surface area contributed by atoms with Gasteiger partial charge in [-0.1, -0.05) is 53.6 Å². The Morgan fingerprint density at radius 2 is 1.39 bits per heavy atom. The Balaban J connectivity index is 1.67. The van der Waals surface area contributed by atoms with Gasteiger partial charge in [-0.2, -0.15) is 0 Å². The van der Waals surface area contributed by atoms with Crippen molar-refractivity contribution in [3.05, 3.63) is 95.1 Å². The van der Waals surface area contributed by atoms with Crippen LogP contribution in [-0.2, 0) is 0 Å². The number of hydrogen-bond donors (Lipinski definition) is 1. The lowest BCUT2D eigenvalue weighted by atomic mass is 10.1. The van der Waals surface area contributed by atoms with Crippen LogP contribution in [0.4, 0.5) is 5.69 Å². The minimum absolute atomic E-state index is 0.0888. The van der Waals surface area contributed by atoms with Crippen molar-refractivity contribution in [3.8, 4) is 5.75 Å². The Bertz CT molecular complexity index is 975. The number of Topliss-reactive ketones (excluding diaryl/α,β-unsaturated/α-hetero) is 1. The molecule has 1 N–H and O–H groups in total. The third-order valence-electron chi connectivity index (χ3n) is 4.42. The van der Waals surface area contributed by atoms with Crippen molar-refractivity contribution in [1.82, 2.24) is 0 Å². The highest BCUT2D eigenvalue weighted by Gasteiger charge is 2.17. The van der Waals surface area contributed by atoms with E-state index < -0.39 is 6.10 Å². The van der Waals surface area contributed by atoms with Gasteiger partial charge in [0.05, 0.1) is 0 Å². The van der Waals surface area contributed by atoms with Gasteiger partial charge in [0.1, 0.15) is 5.75 Å². The summed E-state index contributed by atoms with van der Waals surface area (Å²) in [4.78, 5) is 24.9. The topological polar surface area (TPSA) is 55.4 Å². The molecule has 0 spiro atoms. The summed E-state index contributed by atoms with van der Waals surface area (Å²) in [5.74, 6) is 0.240. The molecule has 0 heterocycles. The number of nitrogens with one attached hydrogen (secondary N) is 1. The van der Waals surface area contributed by atoms with E-state index in [4.69, 9.17) is 4.74 Å². The second-order valence-corrected chi connectivity index (χ2v) is 6.84. The van der Waals surface area contributed by atoms with Crippen molar-refractivity contribution in [1.29, 1.82) is 0 Å². The average Bonchev–Trinajstić information content (AvgIpc) is 2.68. The maximum Gasteiger partial charge on any atom is 0.255 e. The molecule has 0 aliphatic heterocycles. The Hall–Kier alpha value is -3.40. The van der Waals surface area contributed by atoms with Gasteiger partial charge in [0, 0.05) is 22.9 Å². The maximum absolute atomic E-state index is 12.5. The molecule has 3 aromatic carbocycles. The molecular formula is C24H23NO3. The fourth-order valence-electron chi connectivity index (χ4n) is 2.77. The number of carbonyl (C=O) groups excluding carboxylic acids is 2. The lowest BCUT2D eigenvalue weighted by Gasteiger charge is -2.15. The van der Waals surface area contributed by atoms with Crippen LogP contribution >= 0.6 is 0 Å². The van der Waals surface area contributed by atoms with E-state index in [-0.39, 0.29) is 11.7 Å². The van der Waals surface area contributed by atoms with Crippen LogP contribution in [0.2, 0.25) is 0 Å². The van der Waals surface area contributed by atoms with Gasteiger partial charge >= 0.3 is 0 Å². The lowest BCUT2D eigenvalue weighted by Crippen LogP contribution is -2.24. The van der Waals surface area contributed by atoms with E-state index in [0.29, 0.717) is 22.6 Å². The van der Waals surface area contributed by atoms with Crippen LogP contribution in [0.5, 0.6) is 5.75 Å². The molecule has 0 aromatic heterocycles. The quantitative estimate of drug-likeness (QED) is 0.604. The van der Waals surface area contributed by atoms with Crippen molar-refractivity contribution in [2.24, 2.45) is 0 Å². The van der Waals surface area contributed by atoms with Crippen LogP contribution < -0.4 is 10.1 Å². The van der Waals surface area contributed by atoms with E-state index >= 15 is 0 Å². The minimum atomic E-state index is -0.634. The summed E-state index contributed by atoms with van der Waals surface area (Å²) in [5, 5.41) is 2.85. The molecule has 0 fully saturated rings. The molecule has 3 aromatic rings. The van der Waals surface area contributed by atoms with Gasteiger partial charge in [-0.3, -0.25) is 9.59 Å². The van der Waals surface area contributed by atoms with Crippen LogP contribution in [0.3, 0.4) is 0 Å². The van der Waals surface area contributed by atoms with E-state index in [9.17, 15) is 9.59 Å². The number of aryl methyl sites for hydroxylation is 2. The third-order valence-corrected chi connectivity index (χ3v) is 4.42. The van der Waals surface area contributed by atoms with Crippen LogP contribution in [0.15, 0.2) is 72.8 Å². The highest BCUT2D eigenvalue weighted by molar-refractivity contribution is 6.04. The number of amides is 1. The van der Waals surface area contributed by atoms with E-state index in [2.05, 4.69) is 5.32 Å². The number of anilines is 1. The molecule has 4 heteroatoms. The molecule has 1 atom stereocenters. The van der Waals surface area contributed by atoms with E-state index in [1.807, 2.05) is 38.1 Å². The third kappa shape index (κ3) is 4.86. The van der Waals surface area contributed by atoms with Gasteiger partial charge in [0.2, 0.25) is 5.78 Å². The van der Waals surface area contributed by atoms with Crippen LogP contribution in [0.25, 0.3) is 0 Å². The van der Waals surface area contributed by atoms with Gasteiger partial charge in [0.25, 0.3) is 5.91 Å². The predicted octanol–water partition coefficient (Wildman–Crippen LogP) is 5.21. The second kappa shape index (κ2) is 8.53. The smallest absolute Gasteiger partial charge is 0.255 e. The summed E-state index contributed by atoms with van der Waals surface area (Å²) in [6.45, 7) is 5.67. The van der Waals surface area contributed by atoms with Crippen molar-refractivity contribution in [3.63, 3.8) is 0 Å². The zero-order valence-electron chi connectivity index (χ0n) is 16.2. The molecule has 28 heavy (non-hydrogen) atoms. The summed E-state index contributed by atoms with van der Waals surface area (Å²) in [7, 11) is 0. The van der Waals surface area contributed by atoms with Gasteiger partial charge in [-0.05, 0) is 45.0 Å². The summed E-state index contributed by atoms with van der Waals surface area (Å²) in [6, 6.07) is 21.8. The number of rotatable bonds is 6. The molecule has 0 aliphatic carbocycles. The molecule has 0 saturated heterocycles. The van der Waals surface area contributed by atoms with E-state index in [1.54, 1.807) is 55.5 Å². The Morgan fingerprint density at radius 3 is 2.00 bits per heavy atom. The molecular weight excluding hydrogens is 350 g/mol. The zero-order valence-corrected chi connectivity index (χ0v) is 16.2. The molecule has 0 saturated carbocycles. The zero-order chi connectivity index (χ0) is 20.1. The molecule has 0 bridgehead atoms. The van der Waals surface area contributed by atoms with Gasteiger partial charge < -0.3 is 10.1 Å². The largest absolute Gasteiger partial charge is 0.482 e. The first-order valence-corrected chi connectivity index (χ1v) is 9.18. The molecule has 1 unspecified atom stereocenters. The summed E-state index contributed by atoms with van der Waals surface area (Å²) < 4.78 is 5.80. The summed E-state index contributed by atoms with van der Waals surface area (Å²) in [5.41, 5.74) is 4.00. The molecule has 1 amide bonds. The highest BCUT2D eigenvalue weighted by atomic mass is 16.5. The SMILES string of the molecule is Cc1ccc(C(=O)Nc2cccc(OC(C)C(=O)c3ccc(C)cc3)c2)cc1. The fraction of sp³-hybridized carbons (Fsp3) is 0.167. The maximum atomic E-state index is 12.5. The Kier molecular flexibility index (Phi) is 5.90. The van der Waals surface area contributed by atoms with Crippen molar-refractivity contribution in [2.45, 2.75) is 26.9 Å². The monoisotopic (exact) mass is 373 g/mol. The number of carbonyl (C=O) groups is 2. The van der Waals surface area contributed by atoms with Crippen LogP contribution in [-0.4, -0.2) is 17.8 Å². The fourth-order valence-corrected chi connectivity index (χ4v) is 2.77. The first kappa shape index (κ1) is 19.4. The molecule has 0 aliphatic rings. The van der Waals surface area contributed by atoms with E-state index in [1.165, 1.54) is 0 Å².